The summed E-state index contributed by atoms with van der Waals surface area (Å²) < 4.78 is 12.6. The van der Waals surface area contributed by atoms with Crippen LogP contribution < -0.4 is 0 Å². The minimum atomic E-state index is -0.414. The molecule has 0 spiro atoms. The Kier molecular flexibility index (Phi) is 3.07. The number of halogens is 2. The molecule has 0 unspecified atom stereocenters. The molecule has 0 aromatic heterocycles. The predicted molar refractivity (Wildman–Crippen MR) is 46.6 cm³/mol. The summed E-state index contributed by atoms with van der Waals surface area (Å²) in [6.07, 6.45) is 0.628. The summed E-state index contributed by atoms with van der Waals surface area (Å²) in [7, 11) is 0. The normalized spacial score (nSPS) is 9.42. The smallest absolute Gasteiger partial charge is 0.218 e. The van der Waals surface area contributed by atoms with Gasteiger partial charge in [-0.1, -0.05) is 17.7 Å². The summed E-state index contributed by atoms with van der Waals surface area (Å²) in [5.41, 5.74) is 0.900. The molecule has 0 fully saturated rings. The van der Waals surface area contributed by atoms with Crippen LogP contribution in [0.5, 0.6) is 0 Å². The fraction of sp³-hybridized carbons (Fsp3) is 0.222. The first-order valence-electron chi connectivity index (χ1n) is 3.51. The van der Waals surface area contributed by atoms with Crippen molar-refractivity contribution in [1.29, 1.82) is 0 Å². The Morgan fingerprint density at radius 3 is 2.83 bits per heavy atom. The van der Waals surface area contributed by atoms with Gasteiger partial charge < -0.3 is 4.85 Å². The highest BCUT2D eigenvalue weighted by molar-refractivity contribution is 6.30. The molecular formula is C9H7ClFN. The Morgan fingerprint density at radius 2 is 2.25 bits per heavy atom. The van der Waals surface area contributed by atoms with E-state index in [1.807, 2.05) is 0 Å². The molecule has 0 heterocycles. The lowest BCUT2D eigenvalue weighted by Gasteiger charge is -1.97. The van der Waals surface area contributed by atoms with Crippen LogP contribution in [-0.2, 0) is 6.42 Å². The first kappa shape index (κ1) is 9.02. The maximum absolute atomic E-state index is 12.6. The zero-order valence-electron chi connectivity index (χ0n) is 6.35. The summed E-state index contributed by atoms with van der Waals surface area (Å²) in [6, 6.07) is 4.52. The summed E-state index contributed by atoms with van der Waals surface area (Å²) in [6.45, 7) is 6.98. The van der Waals surface area contributed by atoms with Crippen molar-refractivity contribution >= 4 is 11.6 Å². The second-order valence-corrected chi connectivity index (χ2v) is 2.79. The average Bonchev–Trinajstić information content (AvgIpc) is 2.07. The second-order valence-electron chi connectivity index (χ2n) is 2.38. The third-order valence-electron chi connectivity index (χ3n) is 1.50. The van der Waals surface area contributed by atoms with E-state index in [4.69, 9.17) is 18.2 Å². The van der Waals surface area contributed by atoms with Crippen LogP contribution in [0.2, 0.25) is 5.02 Å². The van der Waals surface area contributed by atoms with Crippen molar-refractivity contribution in [2.75, 3.05) is 6.54 Å². The molecule has 0 N–H and O–H groups in total. The van der Waals surface area contributed by atoms with Gasteiger partial charge in [-0.2, -0.15) is 0 Å². The predicted octanol–water partition coefficient (Wildman–Crippen LogP) is 2.94. The molecule has 0 saturated heterocycles. The van der Waals surface area contributed by atoms with Crippen LogP contribution >= 0.6 is 11.6 Å². The Labute approximate surface area is 75.6 Å². The van der Waals surface area contributed by atoms with E-state index in [1.54, 1.807) is 12.1 Å². The molecule has 12 heavy (non-hydrogen) atoms. The van der Waals surface area contributed by atoms with E-state index in [0.29, 0.717) is 13.0 Å². The van der Waals surface area contributed by atoms with E-state index in [-0.39, 0.29) is 5.02 Å². The van der Waals surface area contributed by atoms with Gasteiger partial charge in [0.05, 0.1) is 5.02 Å². The molecule has 1 aromatic carbocycles. The van der Waals surface area contributed by atoms with Gasteiger partial charge in [-0.25, -0.2) is 11.0 Å². The van der Waals surface area contributed by atoms with E-state index in [9.17, 15) is 4.39 Å². The van der Waals surface area contributed by atoms with Crippen molar-refractivity contribution in [3.8, 4) is 0 Å². The quantitative estimate of drug-likeness (QED) is 0.621. The Morgan fingerprint density at radius 1 is 1.50 bits per heavy atom. The van der Waals surface area contributed by atoms with Crippen LogP contribution in [0.4, 0.5) is 4.39 Å². The Bertz CT molecular complexity index is 317. The third kappa shape index (κ3) is 2.21. The molecule has 0 saturated carbocycles. The third-order valence-corrected chi connectivity index (χ3v) is 1.79. The maximum atomic E-state index is 12.6. The molecular weight excluding hydrogens is 177 g/mol. The van der Waals surface area contributed by atoms with Crippen LogP contribution in [0.25, 0.3) is 4.85 Å². The van der Waals surface area contributed by atoms with Crippen molar-refractivity contribution in [3.63, 3.8) is 0 Å². The monoisotopic (exact) mass is 183 g/mol. The van der Waals surface area contributed by atoms with Gasteiger partial charge >= 0.3 is 0 Å². The molecule has 0 amide bonds. The minimum absolute atomic E-state index is 0.123. The Balaban J connectivity index is 2.77. The molecule has 1 aromatic rings. The molecule has 0 atom stereocenters. The minimum Gasteiger partial charge on any atom is -0.317 e. The second kappa shape index (κ2) is 4.08. The van der Waals surface area contributed by atoms with Crippen molar-refractivity contribution < 1.29 is 4.39 Å². The lowest BCUT2D eigenvalue weighted by Crippen LogP contribution is -1.88. The number of nitrogens with zero attached hydrogens (tertiary/aromatic N) is 1. The van der Waals surface area contributed by atoms with Crippen molar-refractivity contribution in [3.05, 3.63) is 46.0 Å². The molecule has 0 bridgehead atoms. The van der Waals surface area contributed by atoms with Gasteiger partial charge in [0.1, 0.15) is 5.82 Å². The van der Waals surface area contributed by atoms with Crippen LogP contribution in [0.15, 0.2) is 18.2 Å². The number of benzene rings is 1. The summed E-state index contributed by atoms with van der Waals surface area (Å²) in [4.78, 5) is 3.20. The SMILES string of the molecule is [C-]#[N+]CCc1ccc(F)c(Cl)c1. The topological polar surface area (TPSA) is 4.36 Å². The van der Waals surface area contributed by atoms with E-state index < -0.39 is 5.82 Å². The first-order chi connectivity index (χ1) is 5.74. The van der Waals surface area contributed by atoms with Gasteiger partial charge in [0.25, 0.3) is 0 Å². The molecule has 3 heteroatoms. The molecule has 0 aliphatic rings. The average molecular weight is 184 g/mol. The fourth-order valence-corrected chi connectivity index (χ4v) is 1.08. The van der Waals surface area contributed by atoms with Gasteiger partial charge in [-0.15, -0.1) is 0 Å². The van der Waals surface area contributed by atoms with Gasteiger partial charge in [0.2, 0.25) is 6.54 Å². The summed E-state index contributed by atoms with van der Waals surface area (Å²) in [5.74, 6) is -0.414. The van der Waals surface area contributed by atoms with Gasteiger partial charge in [0.15, 0.2) is 0 Å². The van der Waals surface area contributed by atoms with Crippen LogP contribution in [0, 0.1) is 12.4 Å². The highest BCUT2D eigenvalue weighted by Crippen LogP contribution is 2.16. The van der Waals surface area contributed by atoms with Crippen LogP contribution in [0.3, 0.4) is 0 Å². The highest BCUT2D eigenvalue weighted by Gasteiger charge is 2.00. The largest absolute Gasteiger partial charge is 0.317 e. The van der Waals surface area contributed by atoms with Crippen molar-refractivity contribution in [1.82, 2.24) is 0 Å². The number of hydrogen-bond donors (Lipinski definition) is 0. The lowest BCUT2D eigenvalue weighted by molar-refractivity contribution is 0.627. The lowest BCUT2D eigenvalue weighted by atomic mass is 10.1. The molecule has 1 rings (SSSR count). The van der Waals surface area contributed by atoms with E-state index in [1.165, 1.54) is 6.07 Å². The van der Waals surface area contributed by atoms with E-state index >= 15 is 0 Å². The first-order valence-corrected chi connectivity index (χ1v) is 3.89. The van der Waals surface area contributed by atoms with Gasteiger partial charge in [0, 0.05) is 6.42 Å². The standard InChI is InChI=1S/C9H7ClFN/c1-12-5-4-7-2-3-9(11)8(10)6-7/h2-3,6H,4-5H2. The summed E-state index contributed by atoms with van der Waals surface area (Å²) >= 11 is 5.54. The molecule has 62 valence electrons. The maximum Gasteiger partial charge on any atom is 0.218 e. The molecule has 0 aliphatic heterocycles. The highest BCUT2D eigenvalue weighted by atomic mass is 35.5. The molecule has 0 aliphatic carbocycles. The van der Waals surface area contributed by atoms with Gasteiger partial charge in [-0.3, -0.25) is 0 Å². The zero-order chi connectivity index (χ0) is 8.97. The van der Waals surface area contributed by atoms with Crippen molar-refractivity contribution in [2.24, 2.45) is 0 Å². The van der Waals surface area contributed by atoms with E-state index in [0.717, 1.165) is 5.56 Å². The van der Waals surface area contributed by atoms with Crippen LogP contribution in [-0.4, -0.2) is 6.54 Å². The molecule has 0 radical (unpaired) electrons. The van der Waals surface area contributed by atoms with Crippen LogP contribution in [0.1, 0.15) is 5.56 Å². The van der Waals surface area contributed by atoms with Gasteiger partial charge in [-0.05, 0) is 17.7 Å². The zero-order valence-corrected chi connectivity index (χ0v) is 7.11. The van der Waals surface area contributed by atoms with Crippen molar-refractivity contribution in [2.45, 2.75) is 6.42 Å². The fourth-order valence-electron chi connectivity index (χ4n) is 0.880. The Hall–Kier alpha value is -1.07. The number of rotatable bonds is 2. The van der Waals surface area contributed by atoms with E-state index in [2.05, 4.69) is 4.85 Å². The number of hydrogen-bond acceptors (Lipinski definition) is 0. The molecule has 1 nitrogen and oxygen atoms in total. The summed E-state index contributed by atoms with van der Waals surface area (Å²) in [5, 5.41) is 0.123.